The van der Waals surface area contributed by atoms with Crippen LogP contribution < -0.4 is 4.74 Å². The minimum absolute atomic E-state index is 0.188. The molecule has 1 atom stereocenters. The molecule has 3 heteroatoms. The molecular weight excluding hydrogens is 236 g/mol. The van der Waals surface area contributed by atoms with Gasteiger partial charge in [-0.3, -0.25) is 0 Å². The molecule has 2 nitrogen and oxygen atoms in total. The van der Waals surface area contributed by atoms with E-state index in [1.807, 2.05) is 19.1 Å². The van der Waals surface area contributed by atoms with Crippen LogP contribution in [0.3, 0.4) is 0 Å². The zero-order chi connectivity index (χ0) is 13.0. The van der Waals surface area contributed by atoms with E-state index in [-0.39, 0.29) is 5.92 Å². The van der Waals surface area contributed by atoms with Crippen LogP contribution in [0.15, 0.2) is 12.1 Å². The van der Waals surface area contributed by atoms with E-state index in [0.717, 1.165) is 11.8 Å². The lowest BCUT2D eigenvalue weighted by Gasteiger charge is -2.19. The molecule has 0 aliphatic carbocycles. The van der Waals surface area contributed by atoms with E-state index in [0.29, 0.717) is 23.1 Å². The summed E-state index contributed by atoms with van der Waals surface area (Å²) in [5.74, 6) is 1.26. The highest BCUT2D eigenvalue weighted by atomic mass is 35.5. The molecular formula is C14H19ClO2. The maximum absolute atomic E-state index is 10.6. The predicted octanol–water partition coefficient (Wildman–Crippen LogP) is 4.16. The lowest BCUT2D eigenvalue weighted by atomic mass is 9.88. The summed E-state index contributed by atoms with van der Waals surface area (Å²) in [7, 11) is 1.61. The summed E-state index contributed by atoms with van der Waals surface area (Å²) >= 11 is 6.14. The largest absolute Gasteiger partial charge is 0.495 e. The van der Waals surface area contributed by atoms with Gasteiger partial charge >= 0.3 is 0 Å². The van der Waals surface area contributed by atoms with Crippen molar-refractivity contribution in [3.05, 3.63) is 28.3 Å². The molecule has 1 aromatic carbocycles. The standard InChI is InChI=1S/C14H19ClO2/c1-9(2)11-8-14(17-4)13(15)7-12(11)10(3)5-6-16/h6-10H,5H2,1-4H3. The fourth-order valence-electron chi connectivity index (χ4n) is 1.94. The fourth-order valence-corrected chi connectivity index (χ4v) is 2.19. The van der Waals surface area contributed by atoms with E-state index in [9.17, 15) is 4.79 Å². The summed E-state index contributed by atoms with van der Waals surface area (Å²) in [6.07, 6.45) is 1.47. The molecule has 17 heavy (non-hydrogen) atoms. The van der Waals surface area contributed by atoms with Crippen molar-refractivity contribution in [1.29, 1.82) is 0 Å². The quantitative estimate of drug-likeness (QED) is 0.738. The van der Waals surface area contributed by atoms with Gasteiger partial charge in [-0.2, -0.15) is 0 Å². The number of halogens is 1. The molecule has 0 bridgehead atoms. The van der Waals surface area contributed by atoms with E-state index in [4.69, 9.17) is 16.3 Å². The van der Waals surface area contributed by atoms with Gasteiger partial charge in [-0.05, 0) is 35.1 Å². The van der Waals surface area contributed by atoms with Crippen molar-refractivity contribution >= 4 is 17.9 Å². The number of carbonyl (C=O) groups excluding carboxylic acids is 1. The highest BCUT2D eigenvalue weighted by molar-refractivity contribution is 6.32. The Kier molecular flexibility index (Phi) is 5.01. The molecule has 0 amide bonds. The SMILES string of the molecule is COc1cc(C(C)C)c(C(C)CC=O)cc1Cl. The van der Waals surface area contributed by atoms with Crippen molar-refractivity contribution in [2.75, 3.05) is 7.11 Å². The lowest BCUT2D eigenvalue weighted by molar-refractivity contribution is -0.108. The molecule has 0 saturated heterocycles. The van der Waals surface area contributed by atoms with Gasteiger partial charge in [-0.25, -0.2) is 0 Å². The fraction of sp³-hybridized carbons (Fsp3) is 0.500. The van der Waals surface area contributed by atoms with Crippen LogP contribution in [0.2, 0.25) is 5.02 Å². The normalized spacial score (nSPS) is 12.6. The Bertz CT molecular complexity index is 399. The molecule has 0 heterocycles. The second-order valence-corrected chi connectivity index (χ2v) is 4.98. The van der Waals surface area contributed by atoms with Crippen LogP contribution in [-0.4, -0.2) is 13.4 Å². The third-order valence-electron chi connectivity index (χ3n) is 2.96. The topological polar surface area (TPSA) is 26.3 Å². The Morgan fingerprint density at radius 2 is 1.94 bits per heavy atom. The number of aldehydes is 1. The zero-order valence-corrected chi connectivity index (χ0v) is 11.5. The van der Waals surface area contributed by atoms with E-state index in [1.165, 1.54) is 5.56 Å². The van der Waals surface area contributed by atoms with Gasteiger partial charge in [0.05, 0.1) is 12.1 Å². The average molecular weight is 255 g/mol. The molecule has 1 rings (SSSR count). The van der Waals surface area contributed by atoms with Crippen LogP contribution in [0.25, 0.3) is 0 Å². The minimum atomic E-state index is 0.188. The molecule has 94 valence electrons. The van der Waals surface area contributed by atoms with Gasteiger partial charge in [-0.1, -0.05) is 32.4 Å². The Morgan fingerprint density at radius 1 is 1.29 bits per heavy atom. The van der Waals surface area contributed by atoms with Crippen molar-refractivity contribution in [2.24, 2.45) is 0 Å². The number of hydrogen-bond acceptors (Lipinski definition) is 2. The Labute approximate surface area is 108 Å². The highest BCUT2D eigenvalue weighted by Gasteiger charge is 2.16. The van der Waals surface area contributed by atoms with Gasteiger partial charge in [0.15, 0.2) is 0 Å². The maximum Gasteiger partial charge on any atom is 0.137 e. The first-order valence-corrected chi connectivity index (χ1v) is 6.20. The van der Waals surface area contributed by atoms with Gasteiger partial charge in [0.2, 0.25) is 0 Å². The molecule has 0 aliphatic rings. The third kappa shape index (κ3) is 3.22. The zero-order valence-electron chi connectivity index (χ0n) is 10.8. The Morgan fingerprint density at radius 3 is 2.41 bits per heavy atom. The summed E-state index contributed by atoms with van der Waals surface area (Å²) in [6.45, 7) is 6.29. The van der Waals surface area contributed by atoms with E-state index < -0.39 is 0 Å². The van der Waals surface area contributed by atoms with Crippen LogP contribution >= 0.6 is 11.6 Å². The Hall–Kier alpha value is -1.02. The number of ether oxygens (including phenoxy) is 1. The maximum atomic E-state index is 10.6. The second kappa shape index (κ2) is 6.06. The summed E-state index contributed by atoms with van der Waals surface area (Å²) < 4.78 is 5.23. The molecule has 0 saturated carbocycles. The molecule has 0 radical (unpaired) electrons. The minimum Gasteiger partial charge on any atom is -0.495 e. The molecule has 1 unspecified atom stereocenters. The predicted molar refractivity (Wildman–Crippen MR) is 71.2 cm³/mol. The number of methoxy groups -OCH3 is 1. The summed E-state index contributed by atoms with van der Waals surface area (Å²) in [5.41, 5.74) is 2.33. The first kappa shape index (κ1) is 14.0. The molecule has 1 aromatic rings. The van der Waals surface area contributed by atoms with Crippen LogP contribution in [0.5, 0.6) is 5.75 Å². The van der Waals surface area contributed by atoms with Crippen molar-refractivity contribution in [2.45, 2.75) is 39.0 Å². The third-order valence-corrected chi connectivity index (χ3v) is 3.26. The van der Waals surface area contributed by atoms with Crippen molar-refractivity contribution in [1.82, 2.24) is 0 Å². The van der Waals surface area contributed by atoms with Crippen molar-refractivity contribution < 1.29 is 9.53 Å². The highest BCUT2D eigenvalue weighted by Crippen LogP contribution is 2.36. The van der Waals surface area contributed by atoms with Crippen LogP contribution in [0, 0.1) is 0 Å². The van der Waals surface area contributed by atoms with Gasteiger partial charge in [0.25, 0.3) is 0 Å². The number of hydrogen-bond donors (Lipinski definition) is 0. The molecule has 0 aromatic heterocycles. The van der Waals surface area contributed by atoms with Crippen molar-refractivity contribution in [3.63, 3.8) is 0 Å². The smallest absolute Gasteiger partial charge is 0.137 e. The van der Waals surface area contributed by atoms with Crippen LogP contribution in [0.1, 0.15) is 50.2 Å². The molecule has 0 N–H and O–H groups in total. The summed E-state index contributed by atoms with van der Waals surface area (Å²) in [5, 5.41) is 0.602. The lowest BCUT2D eigenvalue weighted by Crippen LogP contribution is -2.03. The molecule has 0 spiro atoms. The molecule has 0 fully saturated rings. The van der Waals surface area contributed by atoms with Crippen LogP contribution in [-0.2, 0) is 4.79 Å². The van der Waals surface area contributed by atoms with Gasteiger partial charge < -0.3 is 9.53 Å². The first-order valence-electron chi connectivity index (χ1n) is 5.82. The monoisotopic (exact) mass is 254 g/mol. The summed E-state index contributed by atoms with van der Waals surface area (Å²) in [4.78, 5) is 10.6. The second-order valence-electron chi connectivity index (χ2n) is 4.57. The number of rotatable bonds is 5. The van der Waals surface area contributed by atoms with Crippen molar-refractivity contribution in [3.8, 4) is 5.75 Å². The van der Waals surface area contributed by atoms with Crippen LogP contribution in [0.4, 0.5) is 0 Å². The number of carbonyl (C=O) groups is 1. The van der Waals surface area contributed by atoms with E-state index in [2.05, 4.69) is 13.8 Å². The van der Waals surface area contributed by atoms with Gasteiger partial charge in [0, 0.05) is 6.42 Å². The Balaban J connectivity index is 3.27. The first-order chi connectivity index (χ1) is 8.01. The van der Waals surface area contributed by atoms with Gasteiger partial charge in [-0.15, -0.1) is 0 Å². The van der Waals surface area contributed by atoms with Gasteiger partial charge in [0.1, 0.15) is 12.0 Å². The van der Waals surface area contributed by atoms with E-state index >= 15 is 0 Å². The summed E-state index contributed by atoms with van der Waals surface area (Å²) in [6, 6.07) is 3.90. The van der Waals surface area contributed by atoms with E-state index in [1.54, 1.807) is 7.11 Å². The molecule has 0 aliphatic heterocycles. The number of benzene rings is 1. The average Bonchev–Trinajstić information content (AvgIpc) is 2.28.